The van der Waals surface area contributed by atoms with Crippen LogP contribution in [0.4, 0.5) is 13.2 Å². The van der Waals surface area contributed by atoms with E-state index in [1.807, 2.05) is 11.9 Å². The molecule has 1 aliphatic rings. The number of allylic oxidation sites excluding steroid dienone is 4. The molecule has 5 nitrogen and oxygen atoms in total. The first-order valence-corrected chi connectivity index (χ1v) is 9.88. The van der Waals surface area contributed by atoms with Crippen LogP contribution in [0.3, 0.4) is 0 Å². The van der Waals surface area contributed by atoms with Gasteiger partial charge in [-0.25, -0.2) is 4.99 Å². The van der Waals surface area contributed by atoms with E-state index in [2.05, 4.69) is 10.3 Å². The average Bonchev–Trinajstić information content (AvgIpc) is 2.67. The fourth-order valence-corrected chi connectivity index (χ4v) is 3.10. The number of methoxy groups -OCH3 is 1. The Morgan fingerprint density at radius 2 is 2.07 bits per heavy atom. The van der Waals surface area contributed by atoms with Gasteiger partial charge in [-0.2, -0.15) is 13.2 Å². The lowest BCUT2D eigenvalue weighted by molar-refractivity contribution is -0.126. The number of aliphatic imine (C=N–C) groups is 1. The molecule has 8 heteroatoms. The van der Waals surface area contributed by atoms with Crippen LogP contribution in [0, 0.1) is 0 Å². The lowest BCUT2D eigenvalue weighted by Crippen LogP contribution is -2.48. The molecule has 1 heterocycles. The van der Waals surface area contributed by atoms with Gasteiger partial charge in [0.25, 0.3) is 0 Å². The first-order chi connectivity index (χ1) is 13.7. The number of hydrogen-bond acceptors (Lipinski definition) is 4. The van der Waals surface area contributed by atoms with Crippen molar-refractivity contribution in [2.75, 3.05) is 33.8 Å². The molecule has 0 bridgehead atoms. The molecule has 0 aromatic heterocycles. The van der Waals surface area contributed by atoms with Crippen molar-refractivity contribution in [2.45, 2.75) is 51.7 Å². The quantitative estimate of drug-likeness (QED) is 0.370. The zero-order chi connectivity index (χ0) is 21.9. The number of hydrogen-bond donors (Lipinski definition) is 1. The number of carbonyl (C=O) groups is 1. The summed E-state index contributed by atoms with van der Waals surface area (Å²) >= 11 is 0. The molecule has 1 N–H and O–H groups in total. The molecule has 0 spiro atoms. The summed E-state index contributed by atoms with van der Waals surface area (Å²) in [5.41, 5.74) is -0.298. The Labute approximate surface area is 171 Å². The van der Waals surface area contributed by atoms with E-state index in [9.17, 15) is 18.0 Å². The third kappa shape index (κ3) is 8.85. The van der Waals surface area contributed by atoms with Crippen molar-refractivity contribution in [3.8, 4) is 0 Å². The van der Waals surface area contributed by atoms with Crippen molar-refractivity contribution >= 4 is 11.8 Å². The molecule has 0 radical (unpaired) electrons. The minimum atomic E-state index is -4.42. The number of nitrogens with zero attached hydrogens (tertiary/aromatic N) is 2. The van der Waals surface area contributed by atoms with Gasteiger partial charge in [-0.15, -0.1) is 0 Å². The minimum absolute atomic E-state index is 0.0177. The third-order valence-corrected chi connectivity index (χ3v) is 4.63. The highest BCUT2D eigenvalue weighted by Gasteiger charge is 2.31. The van der Waals surface area contributed by atoms with Gasteiger partial charge < -0.3 is 10.1 Å². The Kier molecular flexibility index (Phi) is 10.7. The summed E-state index contributed by atoms with van der Waals surface area (Å²) in [6.07, 6.45) is 4.24. The minimum Gasteiger partial charge on any atom is -0.483 e. The van der Waals surface area contributed by atoms with Gasteiger partial charge in [0, 0.05) is 0 Å². The third-order valence-electron chi connectivity index (χ3n) is 4.63. The van der Waals surface area contributed by atoms with Crippen LogP contribution < -0.4 is 5.32 Å². The van der Waals surface area contributed by atoms with Crippen LogP contribution in [0.2, 0.25) is 0 Å². The average molecular weight is 416 g/mol. The smallest absolute Gasteiger partial charge is 0.416 e. The Morgan fingerprint density at radius 3 is 2.62 bits per heavy atom. The van der Waals surface area contributed by atoms with Gasteiger partial charge in [-0.3, -0.25) is 9.69 Å². The van der Waals surface area contributed by atoms with Gasteiger partial charge in [-0.05, 0) is 51.4 Å². The molecule has 1 atom stereocenters. The van der Waals surface area contributed by atoms with Crippen molar-refractivity contribution in [3.05, 3.63) is 35.5 Å². The van der Waals surface area contributed by atoms with E-state index in [-0.39, 0.29) is 37.4 Å². The Balaban J connectivity index is 2.81. The van der Waals surface area contributed by atoms with E-state index < -0.39 is 11.7 Å². The van der Waals surface area contributed by atoms with Gasteiger partial charge in [0.15, 0.2) is 0 Å². The zero-order valence-electron chi connectivity index (χ0n) is 17.7. The Bertz CT molecular complexity index is 652. The number of amides is 1. The summed E-state index contributed by atoms with van der Waals surface area (Å²) in [4.78, 5) is 18.6. The number of alkyl halides is 3. The van der Waals surface area contributed by atoms with Crippen LogP contribution >= 0.6 is 0 Å². The Morgan fingerprint density at radius 1 is 1.34 bits per heavy atom. The summed E-state index contributed by atoms with van der Waals surface area (Å²) in [5, 5.41) is 2.81. The van der Waals surface area contributed by atoms with E-state index in [0.29, 0.717) is 5.57 Å². The van der Waals surface area contributed by atoms with Crippen molar-refractivity contribution in [3.63, 3.8) is 0 Å². The number of nitrogens with one attached hydrogen (secondary N) is 1. The summed E-state index contributed by atoms with van der Waals surface area (Å²) in [6, 6.07) is -0.172. The molecule has 164 valence electrons. The van der Waals surface area contributed by atoms with Gasteiger partial charge in [0.1, 0.15) is 0 Å². The lowest BCUT2D eigenvalue weighted by atomic mass is 10.0. The molecule has 1 fully saturated rings. The fraction of sp³-hybridized carbons (Fsp3) is 0.619. The number of halogens is 3. The van der Waals surface area contributed by atoms with E-state index >= 15 is 0 Å². The molecule has 29 heavy (non-hydrogen) atoms. The van der Waals surface area contributed by atoms with Gasteiger partial charge in [0.2, 0.25) is 11.8 Å². The summed E-state index contributed by atoms with van der Waals surface area (Å²) in [6.45, 7) is 4.38. The molecule has 1 saturated heterocycles. The maximum atomic E-state index is 13.1. The van der Waals surface area contributed by atoms with Gasteiger partial charge >= 0.3 is 6.18 Å². The van der Waals surface area contributed by atoms with Crippen LogP contribution in [-0.2, 0) is 9.53 Å². The molecule has 0 aromatic rings. The van der Waals surface area contributed by atoms with Crippen molar-refractivity contribution in [1.82, 2.24) is 10.2 Å². The van der Waals surface area contributed by atoms with E-state index in [4.69, 9.17) is 4.74 Å². The largest absolute Gasteiger partial charge is 0.483 e. The highest BCUT2D eigenvalue weighted by molar-refractivity contribution is 5.87. The SMILES string of the molecule is C\C=C/C(=C\C(=C\CC)C(F)(F)F)CN=C(CNC(=O)C1CCCCN1C)OC. The number of piperidine rings is 1. The van der Waals surface area contributed by atoms with Crippen LogP contribution in [0.1, 0.15) is 39.5 Å². The van der Waals surface area contributed by atoms with Crippen molar-refractivity contribution < 1.29 is 22.7 Å². The predicted molar refractivity (Wildman–Crippen MR) is 110 cm³/mol. The highest BCUT2D eigenvalue weighted by Crippen LogP contribution is 2.28. The van der Waals surface area contributed by atoms with E-state index in [1.54, 1.807) is 26.0 Å². The lowest BCUT2D eigenvalue weighted by Gasteiger charge is -2.31. The van der Waals surface area contributed by atoms with Crippen LogP contribution in [0.25, 0.3) is 0 Å². The summed E-state index contributed by atoms with van der Waals surface area (Å²) in [7, 11) is 3.35. The molecule has 0 aliphatic carbocycles. The van der Waals surface area contributed by atoms with Crippen LogP contribution in [0.5, 0.6) is 0 Å². The monoisotopic (exact) mass is 415 g/mol. The second-order valence-electron chi connectivity index (χ2n) is 6.91. The van der Waals surface area contributed by atoms with Crippen molar-refractivity contribution in [1.29, 1.82) is 0 Å². The number of carbonyl (C=O) groups excluding carboxylic acids is 1. The van der Waals surface area contributed by atoms with Gasteiger partial charge in [0.05, 0.1) is 31.8 Å². The van der Waals surface area contributed by atoms with Crippen LogP contribution in [0.15, 0.2) is 40.4 Å². The number of rotatable bonds is 8. The molecule has 1 unspecified atom stereocenters. The number of likely N-dealkylation sites (N-methyl/N-ethyl adjacent to an activating group) is 1. The number of ether oxygens (including phenoxy) is 1. The molecule has 1 amide bonds. The second kappa shape index (κ2) is 12.5. The first kappa shape index (κ1) is 24.9. The Hall–Kier alpha value is -2.09. The topological polar surface area (TPSA) is 53.9 Å². The standard InChI is InChI=1S/C21H32F3N3O2/c1-5-9-16(13-17(10-6-2)21(22,23)24)14-25-19(29-4)15-26-20(28)18-11-7-8-12-27(18)3/h5,9-10,13,18H,6-8,11-12,14-15H2,1-4H3,(H,26,28)/b9-5-,16-13+,17-10-,25-19?. The maximum absolute atomic E-state index is 13.1. The maximum Gasteiger partial charge on any atom is 0.416 e. The zero-order valence-corrected chi connectivity index (χ0v) is 17.7. The van der Waals surface area contributed by atoms with Crippen LogP contribution in [-0.4, -0.2) is 62.7 Å². The fourth-order valence-electron chi connectivity index (χ4n) is 3.10. The van der Waals surface area contributed by atoms with Crippen molar-refractivity contribution in [2.24, 2.45) is 4.99 Å². The molecule has 1 rings (SSSR count). The predicted octanol–water partition coefficient (Wildman–Crippen LogP) is 4.03. The molecule has 0 saturated carbocycles. The summed E-state index contributed by atoms with van der Waals surface area (Å²) in [5.74, 6) is 0.173. The number of likely N-dealkylation sites (tertiary alicyclic amines) is 1. The molecular weight excluding hydrogens is 383 g/mol. The second-order valence-corrected chi connectivity index (χ2v) is 6.91. The van der Waals surface area contributed by atoms with E-state index in [0.717, 1.165) is 38.0 Å². The molecule has 0 aromatic carbocycles. The highest BCUT2D eigenvalue weighted by atomic mass is 19.4. The summed E-state index contributed by atoms with van der Waals surface area (Å²) < 4.78 is 44.6. The molecule has 1 aliphatic heterocycles. The normalized spacial score (nSPS) is 20.2. The first-order valence-electron chi connectivity index (χ1n) is 9.88. The van der Waals surface area contributed by atoms with E-state index in [1.165, 1.54) is 7.11 Å². The molecular formula is C21H32F3N3O2. The van der Waals surface area contributed by atoms with Gasteiger partial charge in [-0.1, -0.05) is 31.6 Å².